The van der Waals surface area contributed by atoms with Crippen LogP contribution in [0.1, 0.15) is 45.0 Å². The van der Waals surface area contributed by atoms with Gasteiger partial charge in [-0.1, -0.05) is 37.7 Å². The first-order valence-electron chi connectivity index (χ1n) is 8.78. The first-order valence-corrected chi connectivity index (χ1v) is 9.77. The number of nitrogen functional groups attached to an aromatic ring is 1. The Balaban J connectivity index is 1.91. The molecule has 8 heteroatoms. The third-order valence-corrected chi connectivity index (χ3v) is 5.02. The van der Waals surface area contributed by atoms with Crippen molar-refractivity contribution < 1.29 is 9.53 Å². The average Bonchev–Trinajstić information content (AvgIpc) is 2.99. The number of benzene rings is 1. The Bertz CT molecular complexity index is 711. The second kappa shape index (κ2) is 9.47. The van der Waals surface area contributed by atoms with Crippen molar-refractivity contribution in [1.29, 1.82) is 0 Å². The topological polar surface area (TPSA) is 86.3 Å². The zero-order valence-electron chi connectivity index (χ0n) is 15.8. The highest BCUT2D eigenvalue weighted by Gasteiger charge is 2.15. The fourth-order valence-corrected chi connectivity index (χ4v) is 3.17. The van der Waals surface area contributed by atoms with Gasteiger partial charge in [0.1, 0.15) is 12.4 Å². The fourth-order valence-electron chi connectivity index (χ4n) is 2.39. The highest BCUT2D eigenvalue weighted by atomic mass is 32.2. The number of thioether (sulfide) groups is 1. The molecular formula is C18H27N5O2S. The maximum Gasteiger partial charge on any atom is 0.233 e. The molecule has 0 fully saturated rings. The van der Waals surface area contributed by atoms with Gasteiger partial charge in [-0.05, 0) is 37.5 Å². The molecule has 26 heavy (non-hydrogen) atoms. The zero-order chi connectivity index (χ0) is 19.1. The van der Waals surface area contributed by atoms with E-state index in [2.05, 4.69) is 24.0 Å². The number of amides is 1. The van der Waals surface area contributed by atoms with Gasteiger partial charge in [-0.25, -0.2) is 4.68 Å². The molecule has 2 rings (SSSR count). The average molecular weight is 378 g/mol. The lowest BCUT2D eigenvalue weighted by atomic mass is 10.0. The van der Waals surface area contributed by atoms with E-state index in [9.17, 15) is 4.79 Å². The molecule has 1 aromatic heterocycles. The van der Waals surface area contributed by atoms with Gasteiger partial charge in [-0.2, -0.15) is 0 Å². The molecule has 0 aliphatic carbocycles. The number of nitrogens with two attached hydrogens (primary N) is 1. The maximum absolute atomic E-state index is 12.1. The van der Waals surface area contributed by atoms with Crippen LogP contribution < -0.4 is 10.6 Å². The minimum absolute atomic E-state index is 0.0612. The van der Waals surface area contributed by atoms with Gasteiger partial charge in [0.2, 0.25) is 11.1 Å². The Morgan fingerprint density at radius 3 is 2.46 bits per heavy atom. The van der Waals surface area contributed by atoms with Gasteiger partial charge >= 0.3 is 0 Å². The van der Waals surface area contributed by atoms with Gasteiger partial charge in [0.15, 0.2) is 5.82 Å². The Morgan fingerprint density at radius 2 is 1.88 bits per heavy atom. The largest absolute Gasteiger partial charge is 0.486 e. The van der Waals surface area contributed by atoms with Gasteiger partial charge < -0.3 is 15.5 Å². The monoisotopic (exact) mass is 377 g/mol. The minimum atomic E-state index is 0.0612. The third kappa shape index (κ3) is 5.14. The predicted molar refractivity (Wildman–Crippen MR) is 104 cm³/mol. The van der Waals surface area contributed by atoms with E-state index in [1.807, 2.05) is 38.1 Å². The molecule has 0 bridgehead atoms. The van der Waals surface area contributed by atoms with Gasteiger partial charge in [0.25, 0.3) is 0 Å². The normalized spacial score (nSPS) is 11.0. The van der Waals surface area contributed by atoms with Gasteiger partial charge in [0.05, 0.1) is 5.75 Å². The van der Waals surface area contributed by atoms with E-state index in [1.54, 1.807) is 4.90 Å². The quantitative estimate of drug-likeness (QED) is 0.534. The summed E-state index contributed by atoms with van der Waals surface area (Å²) < 4.78 is 7.11. The summed E-state index contributed by atoms with van der Waals surface area (Å²) in [4.78, 5) is 13.8. The van der Waals surface area contributed by atoms with Crippen LogP contribution in [0.3, 0.4) is 0 Å². The lowest BCUT2D eigenvalue weighted by Gasteiger charge is -2.17. The second-order valence-electron chi connectivity index (χ2n) is 6.14. The van der Waals surface area contributed by atoms with Crippen LogP contribution in [0.15, 0.2) is 29.4 Å². The summed E-state index contributed by atoms with van der Waals surface area (Å²) in [5.74, 6) is 8.12. The van der Waals surface area contributed by atoms with Crippen molar-refractivity contribution in [3.8, 4) is 5.75 Å². The van der Waals surface area contributed by atoms with Crippen molar-refractivity contribution >= 4 is 17.7 Å². The van der Waals surface area contributed by atoms with E-state index in [0.717, 1.165) is 5.75 Å². The highest BCUT2D eigenvalue weighted by Crippen LogP contribution is 2.20. The van der Waals surface area contributed by atoms with Crippen LogP contribution in [0.5, 0.6) is 5.75 Å². The molecule has 1 amide bonds. The van der Waals surface area contributed by atoms with Crippen molar-refractivity contribution in [2.45, 2.75) is 45.4 Å². The third-order valence-electron chi connectivity index (χ3n) is 4.09. The zero-order valence-corrected chi connectivity index (χ0v) is 16.6. The minimum Gasteiger partial charge on any atom is -0.486 e. The van der Waals surface area contributed by atoms with E-state index in [0.29, 0.717) is 30.0 Å². The number of hydrogen-bond acceptors (Lipinski definition) is 6. The smallest absolute Gasteiger partial charge is 0.233 e. The molecule has 1 aromatic carbocycles. The molecule has 2 aromatic rings. The summed E-state index contributed by atoms with van der Waals surface area (Å²) in [6.07, 6.45) is 0. The molecule has 0 aliphatic rings. The Labute approximate surface area is 158 Å². The molecule has 0 saturated heterocycles. The maximum atomic E-state index is 12.1. The number of rotatable bonds is 9. The summed E-state index contributed by atoms with van der Waals surface area (Å²) >= 11 is 1.28. The van der Waals surface area contributed by atoms with Crippen molar-refractivity contribution in [2.75, 3.05) is 24.7 Å². The Kier molecular flexibility index (Phi) is 7.32. The SMILES string of the molecule is CCN(CC)C(=O)CSc1nnc(COc2ccc(C(C)C)cc2)n1N. The van der Waals surface area contributed by atoms with Crippen molar-refractivity contribution in [1.82, 2.24) is 19.8 Å². The van der Waals surface area contributed by atoms with Crippen LogP contribution in [0.4, 0.5) is 0 Å². The second-order valence-corrected chi connectivity index (χ2v) is 7.08. The standard InChI is InChI=1S/C18H27N5O2S/c1-5-22(6-2)17(24)12-26-18-21-20-16(23(18)19)11-25-15-9-7-14(8-10-15)13(3)4/h7-10,13H,5-6,11-12,19H2,1-4H3. The molecule has 0 radical (unpaired) electrons. The van der Waals surface area contributed by atoms with E-state index in [4.69, 9.17) is 10.6 Å². The van der Waals surface area contributed by atoms with E-state index in [-0.39, 0.29) is 18.3 Å². The summed E-state index contributed by atoms with van der Waals surface area (Å²) in [5.41, 5.74) is 1.26. The van der Waals surface area contributed by atoms with Gasteiger partial charge in [-0.3, -0.25) is 4.79 Å². The predicted octanol–water partition coefficient (Wildman–Crippen LogP) is 2.65. The Hall–Kier alpha value is -2.22. The number of carbonyl (C=O) groups excluding carboxylic acids is 1. The molecule has 2 N–H and O–H groups in total. The van der Waals surface area contributed by atoms with Crippen LogP contribution >= 0.6 is 11.8 Å². The molecule has 0 spiro atoms. The van der Waals surface area contributed by atoms with E-state index >= 15 is 0 Å². The summed E-state index contributed by atoms with van der Waals surface area (Å²) in [7, 11) is 0. The van der Waals surface area contributed by atoms with Crippen molar-refractivity contribution in [3.63, 3.8) is 0 Å². The summed E-state index contributed by atoms with van der Waals surface area (Å²) in [5, 5.41) is 8.60. The number of hydrogen-bond donors (Lipinski definition) is 1. The van der Waals surface area contributed by atoms with Crippen LogP contribution in [0.2, 0.25) is 0 Å². The Morgan fingerprint density at radius 1 is 1.23 bits per heavy atom. The van der Waals surface area contributed by atoms with E-state index in [1.165, 1.54) is 22.0 Å². The lowest BCUT2D eigenvalue weighted by Crippen LogP contribution is -2.32. The van der Waals surface area contributed by atoms with Gasteiger partial charge in [0, 0.05) is 13.1 Å². The molecule has 0 aliphatic heterocycles. The first-order chi connectivity index (χ1) is 12.5. The van der Waals surface area contributed by atoms with Crippen molar-refractivity contribution in [2.24, 2.45) is 0 Å². The van der Waals surface area contributed by atoms with E-state index < -0.39 is 0 Å². The lowest BCUT2D eigenvalue weighted by molar-refractivity contribution is -0.127. The molecule has 0 saturated carbocycles. The van der Waals surface area contributed by atoms with Crippen LogP contribution in [0.25, 0.3) is 0 Å². The van der Waals surface area contributed by atoms with Crippen LogP contribution in [0, 0.1) is 0 Å². The highest BCUT2D eigenvalue weighted by molar-refractivity contribution is 7.99. The molecule has 1 heterocycles. The first kappa shape index (κ1) is 20.1. The van der Waals surface area contributed by atoms with Crippen LogP contribution in [-0.4, -0.2) is 44.5 Å². The summed E-state index contributed by atoms with van der Waals surface area (Å²) in [6.45, 7) is 9.82. The molecule has 142 valence electrons. The molecule has 0 unspecified atom stereocenters. The molecule has 0 atom stereocenters. The van der Waals surface area contributed by atoms with Crippen molar-refractivity contribution in [3.05, 3.63) is 35.7 Å². The van der Waals surface area contributed by atoms with Gasteiger partial charge in [-0.15, -0.1) is 10.2 Å². The fraction of sp³-hybridized carbons (Fsp3) is 0.500. The number of carbonyl (C=O) groups is 1. The summed E-state index contributed by atoms with van der Waals surface area (Å²) in [6, 6.07) is 7.97. The number of aromatic nitrogens is 3. The number of nitrogens with zero attached hydrogens (tertiary/aromatic N) is 4. The molecular weight excluding hydrogens is 350 g/mol. The number of ether oxygens (including phenoxy) is 1. The molecule has 7 nitrogen and oxygen atoms in total. The van der Waals surface area contributed by atoms with Crippen LogP contribution in [-0.2, 0) is 11.4 Å².